The molecule has 2 aromatic heterocycles. The minimum atomic E-state index is -0.0398. The Morgan fingerprint density at radius 2 is 1.79 bits per heavy atom. The van der Waals surface area contributed by atoms with E-state index >= 15 is 0 Å². The molecule has 1 aliphatic rings. The van der Waals surface area contributed by atoms with Gasteiger partial charge in [0, 0.05) is 35.4 Å². The second-order valence-electron chi connectivity index (χ2n) is 8.51. The molecule has 0 radical (unpaired) electrons. The number of methoxy groups -OCH3 is 1. The van der Waals surface area contributed by atoms with E-state index in [4.69, 9.17) is 16.3 Å². The van der Waals surface area contributed by atoms with Crippen molar-refractivity contribution >= 4 is 23.2 Å². The van der Waals surface area contributed by atoms with Gasteiger partial charge in [-0.2, -0.15) is 0 Å². The number of aromatic nitrogens is 2. The fraction of sp³-hybridized carbons (Fsp3) is 0.296. The fourth-order valence-electron chi connectivity index (χ4n) is 4.85. The van der Waals surface area contributed by atoms with Gasteiger partial charge in [-0.25, -0.2) is 0 Å². The van der Waals surface area contributed by atoms with E-state index in [2.05, 4.69) is 39.5 Å². The average molecular weight is 462 g/mol. The lowest BCUT2D eigenvalue weighted by Gasteiger charge is -2.10. The molecular weight excluding hydrogens is 434 g/mol. The maximum absolute atomic E-state index is 13.5. The average Bonchev–Trinajstić information content (AvgIpc) is 3.26. The number of imidazole rings is 1. The lowest BCUT2D eigenvalue weighted by Crippen LogP contribution is -2.25. The quantitative estimate of drug-likeness (QED) is 0.371. The summed E-state index contributed by atoms with van der Waals surface area (Å²) in [4.78, 5) is 13.5. The van der Waals surface area contributed by atoms with Crippen molar-refractivity contribution < 1.29 is 9.53 Å². The predicted octanol–water partition coefficient (Wildman–Crippen LogP) is 6.21. The van der Waals surface area contributed by atoms with Crippen LogP contribution >= 0.6 is 11.6 Å². The monoisotopic (exact) mass is 461 g/mol. The molecule has 0 spiro atoms. The minimum Gasteiger partial charge on any atom is -0.497 e. The lowest BCUT2D eigenvalue weighted by molar-refractivity contribution is 0.0948. The molecule has 0 atom stereocenters. The molecule has 0 fully saturated rings. The van der Waals surface area contributed by atoms with Crippen LogP contribution in [0.1, 0.15) is 42.2 Å². The number of amides is 1. The Morgan fingerprint density at radius 1 is 1.06 bits per heavy atom. The summed E-state index contributed by atoms with van der Waals surface area (Å²) in [5, 5.41) is 3.80. The Morgan fingerprint density at radius 3 is 2.48 bits per heavy atom. The molecule has 33 heavy (non-hydrogen) atoms. The molecule has 4 aromatic rings. The maximum Gasteiger partial charge on any atom is 0.268 e. The third-order valence-electron chi connectivity index (χ3n) is 6.40. The molecule has 1 amide bonds. The molecule has 0 aliphatic carbocycles. The second kappa shape index (κ2) is 8.99. The molecule has 5 rings (SSSR count). The number of hydrogen-bond donors (Lipinski definition) is 1. The van der Waals surface area contributed by atoms with Gasteiger partial charge in [0.15, 0.2) is 0 Å². The highest BCUT2D eigenvalue weighted by Gasteiger charge is 2.29. The van der Waals surface area contributed by atoms with E-state index in [0.717, 1.165) is 66.0 Å². The van der Waals surface area contributed by atoms with Crippen molar-refractivity contribution in [3.8, 4) is 28.1 Å². The van der Waals surface area contributed by atoms with Crippen molar-refractivity contribution in [2.75, 3.05) is 13.7 Å². The van der Waals surface area contributed by atoms with Crippen molar-refractivity contribution in [1.29, 1.82) is 0 Å². The first-order valence-electron chi connectivity index (χ1n) is 11.6. The standard InChI is InChI=1S/C27H28ClN3O2/c1-3-15-29-26(32)25-24(19-7-11-20(28)12-8-19)22-6-4-5-16-30-23(17-31(25)27(22)30)18-9-13-21(33-2)14-10-18/h7-14,17H,3-6,15-16H2,1-2H3,(H,29,32). The van der Waals surface area contributed by atoms with E-state index < -0.39 is 0 Å². The summed E-state index contributed by atoms with van der Waals surface area (Å²) in [5.41, 5.74) is 7.32. The first-order chi connectivity index (χ1) is 16.1. The Balaban J connectivity index is 1.77. The zero-order valence-corrected chi connectivity index (χ0v) is 19.8. The van der Waals surface area contributed by atoms with Crippen LogP contribution in [-0.4, -0.2) is 28.5 Å². The summed E-state index contributed by atoms with van der Waals surface area (Å²) < 4.78 is 9.82. The largest absolute Gasteiger partial charge is 0.497 e. The van der Waals surface area contributed by atoms with E-state index in [-0.39, 0.29) is 5.91 Å². The number of ether oxygens (including phenoxy) is 1. The highest BCUT2D eigenvalue weighted by molar-refractivity contribution is 6.30. The molecule has 0 saturated carbocycles. The van der Waals surface area contributed by atoms with Gasteiger partial charge < -0.3 is 14.6 Å². The molecule has 1 aliphatic heterocycles. The van der Waals surface area contributed by atoms with Crippen LogP contribution in [0.2, 0.25) is 5.02 Å². The molecule has 0 unspecified atom stereocenters. The highest BCUT2D eigenvalue weighted by atomic mass is 35.5. The van der Waals surface area contributed by atoms with E-state index in [1.807, 2.05) is 36.4 Å². The van der Waals surface area contributed by atoms with Crippen LogP contribution in [0.15, 0.2) is 54.7 Å². The van der Waals surface area contributed by atoms with Gasteiger partial charge in [-0.3, -0.25) is 9.20 Å². The number of carbonyl (C=O) groups excluding carboxylic acids is 1. The van der Waals surface area contributed by atoms with Gasteiger partial charge in [-0.15, -0.1) is 0 Å². The number of benzene rings is 2. The summed E-state index contributed by atoms with van der Waals surface area (Å²) in [5.74, 6) is 0.792. The number of carbonyl (C=O) groups is 1. The topological polar surface area (TPSA) is 47.7 Å². The van der Waals surface area contributed by atoms with E-state index in [1.54, 1.807) is 7.11 Å². The Labute approximate surface area is 198 Å². The Hall–Kier alpha value is -3.18. The lowest BCUT2D eigenvalue weighted by atomic mass is 9.98. The van der Waals surface area contributed by atoms with E-state index in [9.17, 15) is 4.79 Å². The van der Waals surface area contributed by atoms with E-state index in [0.29, 0.717) is 17.3 Å². The predicted molar refractivity (Wildman–Crippen MR) is 133 cm³/mol. The fourth-order valence-corrected chi connectivity index (χ4v) is 4.98. The molecular formula is C27H28ClN3O2. The first-order valence-corrected chi connectivity index (χ1v) is 11.9. The zero-order valence-electron chi connectivity index (χ0n) is 19.0. The van der Waals surface area contributed by atoms with Crippen LogP contribution in [0.25, 0.3) is 28.0 Å². The van der Waals surface area contributed by atoms with Crippen LogP contribution in [0.4, 0.5) is 0 Å². The van der Waals surface area contributed by atoms with Crippen LogP contribution in [0.3, 0.4) is 0 Å². The molecule has 1 N–H and O–H groups in total. The second-order valence-corrected chi connectivity index (χ2v) is 8.95. The van der Waals surface area contributed by atoms with Crippen LogP contribution < -0.4 is 10.1 Å². The molecule has 2 aromatic carbocycles. The third kappa shape index (κ3) is 3.80. The molecule has 3 heterocycles. The summed E-state index contributed by atoms with van der Waals surface area (Å²) >= 11 is 6.18. The first kappa shape index (κ1) is 21.7. The molecule has 5 nitrogen and oxygen atoms in total. The molecule has 6 heteroatoms. The summed E-state index contributed by atoms with van der Waals surface area (Å²) in [6.07, 6.45) is 6.13. The molecule has 0 saturated heterocycles. The third-order valence-corrected chi connectivity index (χ3v) is 6.66. The van der Waals surface area contributed by atoms with Gasteiger partial charge in [0.25, 0.3) is 5.91 Å². The SMILES string of the molecule is CCCNC(=O)c1c(-c2ccc(Cl)cc2)c2c3n(c(-c4ccc(OC)cc4)cn13)CCCC2. The Kier molecular flexibility index (Phi) is 5.90. The van der Waals surface area contributed by atoms with E-state index in [1.165, 1.54) is 5.56 Å². The van der Waals surface area contributed by atoms with Gasteiger partial charge in [0.2, 0.25) is 0 Å². The molecule has 170 valence electrons. The molecule has 0 bridgehead atoms. The number of aryl methyl sites for hydroxylation is 2. The number of halogens is 1. The minimum absolute atomic E-state index is 0.0398. The van der Waals surface area contributed by atoms with Crippen molar-refractivity contribution in [3.63, 3.8) is 0 Å². The highest BCUT2D eigenvalue weighted by Crippen LogP contribution is 2.39. The Bertz CT molecular complexity index is 1300. The van der Waals surface area contributed by atoms with Gasteiger partial charge in [0.05, 0.1) is 12.8 Å². The summed E-state index contributed by atoms with van der Waals surface area (Å²) in [6.45, 7) is 3.63. The smallest absolute Gasteiger partial charge is 0.268 e. The zero-order chi connectivity index (χ0) is 22.9. The van der Waals surface area contributed by atoms with Gasteiger partial charge >= 0.3 is 0 Å². The number of nitrogens with zero attached hydrogens (tertiary/aromatic N) is 2. The van der Waals surface area contributed by atoms with Crippen molar-refractivity contribution in [1.82, 2.24) is 14.3 Å². The maximum atomic E-state index is 13.5. The summed E-state index contributed by atoms with van der Waals surface area (Å²) in [7, 11) is 1.68. The van der Waals surface area contributed by atoms with Crippen molar-refractivity contribution in [2.24, 2.45) is 0 Å². The van der Waals surface area contributed by atoms with Crippen LogP contribution in [0.5, 0.6) is 5.75 Å². The van der Waals surface area contributed by atoms with Gasteiger partial charge in [-0.05, 0) is 73.2 Å². The van der Waals surface area contributed by atoms with Gasteiger partial charge in [0.1, 0.15) is 17.1 Å². The normalized spacial score (nSPS) is 13.2. The van der Waals surface area contributed by atoms with Crippen LogP contribution in [0, 0.1) is 0 Å². The number of rotatable bonds is 6. The van der Waals surface area contributed by atoms with Gasteiger partial charge in [-0.1, -0.05) is 30.7 Å². The van der Waals surface area contributed by atoms with Crippen molar-refractivity contribution in [3.05, 3.63) is 71.0 Å². The number of nitrogens with one attached hydrogen (secondary N) is 1. The number of hydrogen-bond acceptors (Lipinski definition) is 2. The van der Waals surface area contributed by atoms with Crippen LogP contribution in [-0.2, 0) is 13.0 Å². The summed E-state index contributed by atoms with van der Waals surface area (Å²) in [6, 6.07) is 16.0. The van der Waals surface area contributed by atoms with Crippen molar-refractivity contribution in [2.45, 2.75) is 39.2 Å².